The molecule has 0 amide bonds. The number of aryl methyl sites for hydroxylation is 1. The van der Waals surface area contributed by atoms with Crippen LogP contribution in [0.5, 0.6) is 0 Å². The molecule has 0 saturated heterocycles. The van der Waals surface area contributed by atoms with Crippen LogP contribution in [0.15, 0.2) is 47.8 Å². The van der Waals surface area contributed by atoms with Gasteiger partial charge in [0.2, 0.25) is 0 Å². The number of fused-ring (bicyclic) bond motifs is 1. The summed E-state index contributed by atoms with van der Waals surface area (Å²) in [5.41, 5.74) is 2.35. The molecule has 1 aromatic heterocycles. The van der Waals surface area contributed by atoms with E-state index in [9.17, 15) is 0 Å². The summed E-state index contributed by atoms with van der Waals surface area (Å²) in [6, 6.07) is 14.9. The zero-order chi connectivity index (χ0) is 13.1. The summed E-state index contributed by atoms with van der Waals surface area (Å²) in [4.78, 5) is 4.47. The molecule has 1 heterocycles. The Morgan fingerprint density at radius 1 is 1.11 bits per heavy atom. The highest BCUT2D eigenvalue weighted by molar-refractivity contribution is 7.09. The van der Waals surface area contributed by atoms with Crippen molar-refractivity contribution in [3.05, 3.63) is 58.5 Å². The number of rotatable bonds is 4. The molecule has 2 nitrogen and oxygen atoms in total. The third-order valence-corrected chi connectivity index (χ3v) is 3.95. The van der Waals surface area contributed by atoms with Crippen LogP contribution < -0.4 is 5.32 Å². The van der Waals surface area contributed by atoms with Crippen LogP contribution in [0.3, 0.4) is 0 Å². The van der Waals surface area contributed by atoms with E-state index >= 15 is 0 Å². The number of anilines is 1. The molecule has 0 aliphatic rings. The van der Waals surface area contributed by atoms with E-state index in [2.05, 4.69) is 58.1 Å². The molecule has 3 heteroatoms. The fourth-order valence-corrected chi connectivity index (χ4v) is 2.80. The molecule has 3 rings (SSSR count). The molecule has 0 spiro atoms. The highest BCUT2D eigenvalue weighted by Gasteiger charge is 1.99. The van der Waals surface area contributed by atoms with Gasteiger partial charge in [0.1, 0.15) is 0 Å². The Labute approximate surface area is 117 Å². The molecule has 1 N–H and O–H groups in total. The Morgan fingerprint density at radius 2 is 1.95 bits per heavy atom. The topological polar surface area (TPSA) is 24.9 Å². The maximum Gasteiger partial charge on any atom is 0.0897 e. The second kappa shape index (κ2) is 5.41. The quantitative estimate of drug-likeness (QED) is 0.764. The minimum atomic E-state index is 0.918. The first-order chi connectivity index (χ1) is 9.31. The van der Waals surface area contributed by atoms with Crippen molar-refractivity contribution in [3.63, 3.8) is 0 Å². The molecule has 0 atom stereocenters. The highest BCUT2D eigenvalue weighted by Crippen LogP contribution is 2.18. The van der Waals surface area contributed by atoms with Gasteiger partial charge in [0, 0.05) is 24.0 Å². The summed E-state index contributed by atoms with van der Waals surface area (Å²) in [5.74, 6) is 0. The van der Waals surface area contributed by atoms with Gasteiger partial charge in [0.15, 0.2) is 0 Å². The lowest BCUT2D eigenvalue weighted by atomic mass is 10.1. The zero-order valence-electron chi connectivity index (χ0n) is 10.9. The maximum absolute atomic E-state index is 4.47. The van der Waals surface area contributed by atoms with Crippen molar-refractivity contribution < 1.29 is 0 Å². The Bertz CT molecular complexity index is 688. The number of hydrogen-bond donors (Lipinski definition) is 1. The van der Waals surface area contributed by atoms with Crippen molar-refractivity contribution in [1.82, 2.24) is 4.98 Å². The third kappa shape index (κ3) is 2.93. The van der Waals surface area contributed by atoms with Crippen LogP contribution in [0.2, 0.25) is 0 Å². The first-order valence-electron chi connectivity index (χ1n) is 6.45. The molecular formula is C16H16N2S. The molecule has 19 heavy (non-hydrogen) atoms. The van der Waals surface area contributed by atoms with E-state index in [-0.39, 0.29) is 0 Å². The summed E-state index contributed by atoms with van der Waals surface area (Å²) in [6.45, 7) is 2.96. The largest absolute Gasteiger partial charge is 0.385 e. The van der Waals surface area contributed by atoms with E-state index in [1.807, 2.05) is 6.92 Å². The van der Waals surface area contributed by atoms with Gasteiger partial charge >= 0.3 is 0 Å². The van der Waals surface area contributed by atoms with Crippen LogP contribution in [-0.4, -0.2) is 11.5 Å². The number of aromatic nitrogens is 1. The molecular weight excluding hydrogens is 252 g/mol. The van der Waals surface area contributed by atoms with Crippen LogP contribution in [0.25, 0.3) is 10.8 Å². The summed E-state index contributed by atoms with van der Waals surface area (Å²) in [7, 11) is 0. The van der Waals surface area contributed by atoms with Crippen LogP contribution in [-0.2, 0) is 6.42 Å². The average Bonchev–Trinajstić information content (AvgIpc) is 2.84. The van der Waals surface area contributed by atoms with Crippen molar-refractivity contribution in [2.24, 2.45) is 0 Å². The van der Waals surface area contributed by atoms with Gasteiger partial charge in [-0.2, -0.15) is 0 Å². The van der Waals surface area contributed by atoms with Gasteiger partial charge in [-0.3, -0.25) is 0 Å². The first kappa shape index (κ1) is 12.2. The van der Waals surface area contributed by atoms with Crippen LogP contribution in [0.1, 0.15) is 10.7 Å². The van der Waals surface area contributed by atoms with E-state index < -0.39 is 0 Å². The lowest BCUT2D eigenvalue weighted by molar-refractivity contribution is 0.969. The fraction of sp³-hybridized carbons (Fsp3) is 0.188. The lowest BCUT2D eigenvalue weighted by Gasteiger charge is -2.06. The molecule has 0 aliphatic carbocycles. The third-order valence-electron chi connectivity index (χ3n) is 3.13. The number of hydrogen-bond acceptors (Lipinski definition) is 3. The number of nitrogens with zero attached hydrogens (tertiary/aromatic N) is 1. The monoisotopic (exact) mass is 268 g/mol. The summed E-state index contributed by atoms with van der Waals surface area (Å²) in [6.07, 6.45) is 0.969. The van der Waals surface area contributed by atoms with E-state index in [0.29, 0.717) is 0 Å². The van der Waals surface area contributed by atoms with E-state index in [0.717, 1.165) is 18.0 Å². The predicted octanol–water partition coefficient (Wildman–Crippen LogP) is 4.26. The number of nitrogens with one attached hydrogen (secondary N) is 1. The van der Waals surface area contributed by atoms with Crippen LogP contribution in [0.4, 0.5) is 5.69 Å². The molecule has 0 radical (unpaired) electrons. The highest BCUT2D eigenvalue weighted by atomic mass is 32.1. The lowest BCUT2D eigenvalue weighted by Crippen LogP contribution is -2.04. The Kier molecular flexibility index (Phi) is 3.47. The second-order valence-electron chi connectivity index (χ2n) is 4.60. The van der Waals surface area contributed by atoms with Crippen molar-refractivity contribution in [3.8, 4) is 0 Å². The second-order valence-corrected chi connectivity index (χ2v) is 5.66. The van der Waals surface area contributed by atoms with Gasteiger partial charge in [-0.25, -0.2) is 4.98 Å². The molecule has 0 fully saturated rings. The summed E-state index contributed by atoms with van der Waals surface area (Å²) in [5, 5.41) is 9.29. The van der Waals surface area contributed by atoms with Gasteiger partial charge in [-0.1, -0.05) is 30.3 Å². The Balaban J connectivity index is 1.65. The van der Waals surface area contributed by atoms with E-state index in [1.54, 1.807) is 11.3 Å². The van der Waals surface area contributed by atoms with Gasteiger partial charge < -0.3 is 5.32 Å². The van der Waals surface area contributed by atoms with E-state index in [4.69, 9.17) is 0 Å². The summed E-state index contributed by atoms with van der Waals surface area (Å²) >= 11 is 1.71. The molecule has 96 valence electrons. The average molecular weight is 268 g/mol. The number of benzene rings is 2. The van der Waals surface area contributed by atoms with Crippen molar-refractivity contribution in [2.75, 3.05) is 11.9 Å². The molecule has 0 bridgehead atoms. The Morgan fingerprint density at radius 3 is 2.74 bits per heavy atom. The predicted molar refractivity (Wildman–Crippen MR) is 83.0 cm³/mol. The van der Waals surface area contributed by atoms with E-state index in [1.165, 1.54) is 22.2 Å². The molecule has 0 saturated carbocycles. The zero-order valence-corrected chi connectivity index (χ0v) is 11.7. The standard InChI is InChI=1S/C16H16N2S/c1-12-18-16(11-19-12)8-9-17-15-7-6-13-4-2-3-5-14(13)10-15/h2-7,10-11,17H,8-9H2,1H3. The number of thiazole rings is 1. The maximum atomic E-state index is 4.47. The smallest absolute Gasteiger partial charge is 0.0897 e. The van der Waals surface area contributed by atoms with Crippen LogP contribution >= 0.6 is 11.3 Å². The van der Waals surface area contributed by atoms with Crippen LogP contribution in [0, 0.1) is 6.92 Å². The minimum Gasteiger partial charge on any atom is -0.385 e. The molecule has 3 aromatic rings. The van der Waals surface area contributed by atoms with Crippen molar-refractivity contribution >= 4 is 27.8 Å². The minimum absolute atomic E-state index is 0.918. The van der Waals surface area contributed by atoms with Gasteiger partial charge in [0.25, 0.3) is 0 Å². The van der Waals surface area contributed by atoms with Crippen molar-refractivity contribution in [2.45, 2.75) is 13.3 Å². The first-order valence-corrected chi connectivity index (χ1v) is 7.33. The SMILES string of the molecule is Cc1nc(CCNc2ccc3ccccc3c2)cs1. The fourth-order valence-electron chi connectivity index (χ4n) is 2.16. The molecule has 0 unspecified atom stereocenters. The normalized spacial score (nSPS) is 10.8. The van der Waals surface area contributed by atoms with Crippen molar-refractivity contribution in [1.29, 1.82) is 0 Å². The van der Waals surface area contributed by atoms with Gasteiger partial charge in [0.05, 0.1) is 10.7 Å². The van der Waals surface area contributed by atoms with Gasteiger partial charge in [-0.05, 0) is 29.8 Å². The summed E-state index contributed by atoms with van der Waals surface area (Å²) < 4.78 is 0. The molecule has 0 aliphatic heterocycles. The molecule has 2 aromatic carbocycles. The Hall–Kier alpha value is -1.87. The van der Waals surface area contributed by atoms with Gasteiger partial charge in [-0.15, -0.1) is 11.3 Å².